The van der Waals surface area contributed by atoms with Gasteiger partial charge in [0.25, 0.3) is 0 Å². The molecule has 0 aliphatic carbocycles. The summed E-state index contributed by atoms with van der Waals surface area (Å²) in [7, 11) is 0. The zero-order chi connectivity index (χ0) is 13.7. The Morgan fingerprint density at radius 1 is 1.32 bits per heavy atom. The van der Waals surface area contributed by atoms with Crippen molar-refractivity contribution in [3.63, 3.8) is 0 Å². The fourth-order valence-corrected chi connectivity index (χ4v) is 3.36. The van der Waals surface area contributed by atoms with Gasteiger partial charge in [0, 0.05) is 22.8 Å². The van der Waals surface area contributed by atoms with Crippen LogP contribution in [0.15, 0.2) is 29.0 Å². The number of nitrogens with one attached hydrogen (secondary N) is 1. The topological polar surface area (TPSA) is 69.6 Å². The number of hydrogen-bond donors (Lipinski definition) is 3. The molecule has 0 aliphatic heterocycles. The van der Waals surface area contributed by atoms with Gasteiger partial charge in [-0.2, -0.15) is 11.3 Å². The number of aliphatic hydroxyl groups excluding tert-OH is 1. The van der Waals surface area contributed by atoms with Gasteiger partial charge in [0.1, 0.15) is 0 Å². The zero-order valence-corrected chi connectivity index (χ0v) is 11.8. The number of thiophene rings is 2. The Balaban J connectivity index is 1.76. The lowest BCUT2D eigenvalue weighted by atomic mass is 10.2. The van der Waals surface area contributed by atoms with Gasteiger partial charge >= 0.3 is 5.97 Å². The molecule has 0 radical (unpaired) electrons. The molecule has 19 heavy (non-hydrogen) atoms. The molecule has 0 aliphatic rings. The summed E-state index contributed by atoms with van der Waals surface area (Å²) in [5.41, 5.74) is 0.926. The van der Waals surface area contributed by atoms with Gasteiger partial charge in [-0.15, -0.1) is 11.3 Å². The Bertz CT molecular complexity index is 522. The molecule has 4 nitrogen and oxygen atoms in total. The molecule has 2 aromatic rings. The van der Waals surface area contributed by atoms with Crippen LogP contribution >= 0.6 is 22.7 Å². The lowest BCUT2D eigenvalue weighted by Crippen LogP contribution is -2.20. The van der Waals surface area contributed by atoms with Crippen LogP contribution in [0.1, 0.15) is 21.4 Å². The third-order valence-electron chi connectivity index (χ3n) is 2.61. The molecular formula is C13H15NO3S2. The van der Waals surface area contributed by atoms with E-state index < -0.39 is 12.1 Å². The molecule has 2 rings (SSSR count). The number of aliphatic carboxylic acids is 1. The highest BCUT2D eigenvalue weighted by molar-refractivity contribution is 7.12. The van der Waals surface area contributed by atoms with Crippen molar-refractivity contribution < 1.29 is 15.0 Å². The van der Waals surface area contributed by atoms with Crippen molar-refractivity contribution in [2.45, 2.75) is 19.1 Å². The average Bonchev–Trinajstić information content (AvgIpc) is 2.99. The van der Waals surface area contributed by atoms with E-state index >= 15 is 0 Å². The van der Waals surface area contributed by atoms with Crippen LogP contribution in [0.2, 0.25) is 0 Å². The quantitative estimate of drug-likeness (QED) is 0.733. The summed E-state index contributed by atoms with van der Waals surface area (Å²) >= 11 is 3.05. The third kappa shape index (κ3) is 4.43. The van der Waals surface area contributed by atoms with Crippen molar-refractivity contribution in [1.29, 1.82) is 0 Å². The summed E-state index contributed by atoms with van der Waals surface area (Å²) in [5, 5.41) is 25.6. The summed E-state index contributed by atoms with van der Waals surface area (Å²) in [6.07, 6.45) is -0.424. The minimum absolute atomic E-state index is 0.0716. The maximum atomic E-state index is 10.6. The predicted octanol–water partition coefficient (Wildman–Crippen LogP) is 2.26. The fraction of sp³-hybridized carbons (Fsp3) is 0.308. The Labute approximate surface area is 119 Å². The summed E-state index contributed by atoms with van der Waals surface area (Å²) < 4.78 is 0. The fourth-order valence-electron chi connectivity index (χ4n) is 1.68. The van der Waals surface area contributed by atoms with Crippen LogP contribution in [-0.2, 0) is 17.8 Å². The van der Waals surface area contributed by atoms with Crippen LogP contribution in [0.5, 0.6) is 0 Å². The molecule has 2 heterocycles. The van der Waals surface area contributed by atoms with Crippen molar-refractivity contribution in [3.05, 3.63) is 44.3 Å². The van der Waals surface area contributed by atoms with Gasteiger partial charge in [0.2, 0.25) is 0 Å². The van der Waals surface area contributed by atoms with Crippen LogP contribution in [-0.4, -0.2) is 22.7 Å². The number of carboxylic acids is 1. The highest BCUT2D eigenvalue weighted by Gasteiger charge is 2.08. The highest BCUT2D eigenvalue weighted by atomic mass is 32.1. The van der Waals surface area contributed by atoms with Gasteiger partial charge in [-0.25, -0.2) is 0 Å². The van der Waals surface area contributed by atoms with E-state index in [1.165, 1.54) is 11.3 Å². The first-order valence-corrected chi connectivity index (χ1v) is 7.61. The van der Waals surface area contributed by atoms with Gasteiger partial charge in [-0.1, -0.05) is 0 Å². The molecule has 2 aromatic heterocycles. The first-order chi connectivity index (χ1) is 9.15. The molecule has 0 aromatic carbocycles. The summed E-state index contributed by atoms with van der Waals surface area (Å²) in [6.45, 7) is 1.13. The predicted molar refractivity (Wildman–Crippen MR) is 76.6 cm³/mol. The molecule has 1 unspecified atom stereocenters. The van der Waals surface area contributed by atoms with Crippen LogP contribution in [0.4, 0.5) is 0 Å². The maximum Gasteiger partial charge on any atom is 0.308 e. The molecule has 0 spiro atoms. The van der Waals surface area contributed by atoms with Crippen LogP contribution in [0.25, 0.3) is 0 Å². The lowest BCUT2D eigenvalue weighted by molar-refractivity contribution is -0.136. The number of aliphatic hydroxyl groups is 1. The van der Waals surface area contributed by atoms with Crippen molar-refractivity contribution in [2.24, 2.45) is 0 Å². The van der Waals surface area contributed by atoms with E-state index in [0.29, 0.717) is 13.1 Å². The lowest BCUT2D eigenvalue weighted by Gasteiger charge is -2.09. The normalized spacial score (nSPS) is 12.5. The maximum absolute atomic E-state index is 10.6. The molecule has 0 fully saturated rings. The van der Waals surface area contributed by atoms with Crippen LogP contribution in [0, 0.1) is 0 Å². The van der Waals surface area contributed by atoms with Gasteiger partial charge in [0.15, 0.2) is 0 Å². The van der Waals surface area contributed by atoms with Crippen molar-refractivity contribution >= 4 is 28.6 Å². The van der Waals surface area contributed by atoms with Crippen LogP contribution < -0.4 is 5.32 Å². The van der Waals surface area contributed by atoms with Crippen molar-refractivity contribution in [1.82, 2.24) is 5.32 Å². The van der Waals surface area contributed by atoms with Gasteiger partial charge in [-0.3, -0.25) is 4.79 Å². The minimum atomic E-state index is -0.811. The molecule has 102 valence electrons. The second-order valence-corrected chi connectivity index (χ2v) is 6.17. The highest BCUT2D eigenvalue weighted by Crippen LogP contribution is 2.18. The van der Waals surface area contributed by atoms with E-state index in [4.69, 9.17) is 5.11 Å². The summed E-state index contributed by atoms with van der Waals surface area (Å²) in [6, 6.07) is 5.67. The standard InChI is InChI=1S/C13H15NO3S2/c15-12(9-3-4-18-8-9)7-14-6-11-2-1-10(19-11)5-13(16)17/h1-4,8,12,14-15H,5-7H2,(H,16,17). The Morgan fingerprint density at radius 3 is 2.79 bits per heavy atom. The first kappa shape index (κ1) is 14.2. The van der Waals surface area contributed by atoms with Gasteiger partial charge in [0.05, 0.1) is 12.5 Å². The number of carboxylic acid groups (broad SMARTS) is 1. The molecule has 1 atom stereocenters. The zero-order valence-electron chi connectivity index (χ0n) is 10.2. The number of hydrogen-bond acceptors (Lipinski definition) is 5. The van der Waals surface area contributed by atoms with Crippen LogP contribution in [0.3, 0.4) is 0 Å². The van der Waals surface area contributed by atoms with E-state index in [1.54, 1.807) is 11.3 Å². The van der Waals surface area contributed by atoms with E-state index in [2.05, 4.69) is 5.32 Å². The van der Waals surface area contributed by atoms with Gasteiger partial charge < -0.3 is 15.5 Å². The Kier molecular flexibility index (Phi) is 5.09. The van der Waals surface area contributed by atoms with Crippen molar-refractivity contribution in [2.75, 3.05) is 6.54 Å². The van der Waals surface area contributed by atoms with E-state index in [9.17, 15) is 9.90 Å². The van der Waals surface area contributed by atoms with E-state index in [1.807, 2.05) is 29.0 Å². The number of rotatable bonds is 7. The second-order valence-electron chi connectivity index (χ2n) is 4.14. The average molecular weight is 297 g/mol. The monoisotopic (exact) mass is 297 g/mol. The first-order valence-electron chi connectivity index (χ1n) is 5.85. The second kappa shape index (κ2) is 6.81. The van der Waals surface area contributed by atoms with E-state index in [0.717, 1.165) is 15.3 Å². The van der Waals surface area contributed by atoms with Gasteiger partial charge in [-0.05, 0) is 34.5 Å². The Hall–Kier alpha value is -1.21. The largest absolute Gasteiger partial charge is 0.481 e. The molecule has 0 bridgehead atoms. The Morgan fingerprint density at radius 2 is 2.11 bits per heavy atom. The minimum Gasteiger partial charge on any atom is -0.481 e. The SMILES string of the molecule is O=C(O)Cc1ccc(CNCC(O)c2ccsc2)s1. The molecule has 6 heteroatoms. The number of carbonyl (C=O) groups is 1. The molecule has 0 saturated carbocycles. The molecule has 0 saturated heterocycles. The van der Waals surface area contributed by atoms with E-state index in [-0.39, 0.29) is 6.42 Å². The summed E-state index contributed by atoms with van der Waals surface area (Å²) in [4.78, 5) is 12.5. The smallest absolute Gasteiger partial charge is 0.308 e. The molecular weight excluding hydrogens is 282 g/mol. The third-order valence-corrected chi connectivity index (χ3v) is 4.39. The summed E-state index contributed by atoms with van der Waals surface area (Å²) in [5.74, 6) is -0.811. The molecule has 3 N–H and O–H groups in total. The molecule has 0 amide bonds. The van der Waals surface area contributed by atoms with Crippen molar-refractivity contribution in [3.8, 4) is 0 Å².